The molecule has 0 saturated heterocycles. The standard InChI is InChI=1S/C16H20N2OS/c1-3-11(2)15-14(10-19)20-16(17-15)18-9-8-12-6-4-5-7-13(12)18/h4-7,11,19H,3,8-10H2,1-2H3. The lowest BCUT2D eigenvalue weighted by molar-refractivity contribution is 0.283. The molecule has 0 aliphatic carbocycles. The second-order valence-electron chi connectivity index (χ2n) is 5.30. The predicted octanol–water partition coefficient (Wildman–Crippen LogP) is 3.84. The number of anilines is 2. The topological polar surface area (TPSA) is 36.4 Å². The van der Waals surface area contributed by atoms with Crippen LogP contribution in [0.2, 0.25) is 0 Å². The Hall–Kier alpha value is -1.39. The lowest BCUT2D eigenvalue weighted by Crippen LogP contribution is -2.13. The zero-order valence-corrected chi connectivity index (χ0v) is 12.8. The number of para-hydroxylation sites is 1. The Morgan fingerprint density at radius 2 is 2.20 bits per heavy atom. The van der Waals surface area contributed by atoms with Crippen molar-refractivity contribution in [2.45, 2.75) is 39.2 Å². The monoisotopic (exact) mass is 288 g/mol. The van der Waals surface area contributed by atoms with Crippen molar-refractivity contribution in [1.29, 1.82) is 0 Å². The highest BCUT2D eigenvalue weighted by Crippen LogP contribution is 2.39. The molecule has 0 fully saturated rings. The first-order valence-corrected chi connectivity index (χ1v) is 8.02. The lowest BCUT2D eigenvalue weighted by atomic mass is 10.0. The second-order valence-corrected chi connectivity index (χ2v) is 6.36. The summed E-state index contributed by atoms with van der Waals surface area (Å²) < 4.78 is 0. The largest absolute Gasteiger partial charge is 0.391 e. The van der Waals surface area contributed by atoms with Gasteiger partial charge in [0.25, 0.3) is 0 Å². The van der Waals surface area contributed by atoms with E-state index >= 15 is 0 Å². The zero-order valence-electron chi connectivity index (χ0n) is 12.0. The van der Waals surface area contributed by atoms with Crippen molar-refractivity contribution in [3.63, 3.8) is 0 Å². The number of nitrogens with zero attached hydrogens (tertiary/aromatic N) is 2. The van der Waals surface area contributed by atoms with Gasteiger partial charge in [-0.05, 0) is 30.4 Å². The van der Waals surface area contributed by atoms with Gasteiger partial charge in [0.2, 0.25) is 0 Å². The summed E-state index contributed by atoms with van der Waals surface area (Å²) in [7, 11) is 0. The number of fused-ring (bicyclic) bond motifs is 1. The molecule has 4 heteroatoms. The summed E-state index contributed by atoms with van der Waals surface area (Å²) in [6, 6.07) is 8.51. The van der Waals surface area contributed by atoms with Crippen LogP contribution >= 0.6 is 11.3 Å². The number of benzene rings is 1. The van der Waals surface area contributed by atoms with Crippen LogP contribution in [0.1, 0.15) is 42.3 Å². The molecule has 0 radical (unpaired) electrons. The summed E-state index contributed by atoms with van der Waals surface area (Å²) in [6.45, 7) is 5.41. The zero-order chi connectivity index (χ0) is 14.1. The number of hydrogen-bond acceptors (Lipinski definition) is 4. The Morgan fingerprint density at radius 1 is 1.40 bits per heavy atom. The molecule has 0 amide bonds. The van der Waals surface area contributed by atoms with Gasteiger partial charge in [-0.15, -0.1) is 0 Å². The summed E-state index contributed by atoms with van der Waals surface area (Å²) in [6.07, 6.45) is 2.12. The van der Waals surface area contributed by atoms with Crippen molar-refractivity contribution < 1.29 is 5.11 Å². The van der Waals surface area contributed by atoms with E-state index in [9.17, 15) is 5.11 Å². The Bertz CT molecular complexity index is 608. The number of aromatic nitrogens is 1. The molecule has 2 aromatic rings. The van der Waals surface area contributed by atoms with Gasteiger partial charge < -0.3 is 10.0 Å². The Labute approximate surface area is 123 Å². The fraction of sp³-hybridized carbons (Fsp3) is 0.438. The molecule has 1 aliphatic heterocycles. The summed E-state index contributed by atoms with van der Waals surface area (Å²) in [4.78, 5) is 8.11. The van der Waals surface area contributed by atoms with Crippen LogP contribution in [0.25, 0.3) is 0 Å². The van der Waals surface area contributed by atoms with Crippen molar-refractivity contribution in [3.8, 4) is 0 Å². The Kier molecular flexibility index (Phi) is 3.76. The first-order chi connectivity index (χ1) is 9.74. The van der Waals surface area contributed by atoms with Crippen LogP contribution in [0.4, 0.5) is 10.8 Å². The van der Waals surface area contributed by atoms with E-state index < -0.39 is 0 Å². The van der Waals surface area contributed by atoms with Crippen LogP contribution in [0.3, 0.4) is 0 Å². The third-order valence-corrected chi connectivity index (χ3v) is 5.14. The first-order valence-electron chi connectivity index (χ1n) is 7.20. The minimum absolute atomic E-state index is 0.0901. The van der Waals surface area contributed by atoms with E-state index in [1.54, 1.807) is 11.3 Å². The van der Waals surface area contributed by atoms with E-state index in [1.807, 2.05) is 0 Å². The molecule has 3 rings (SSSR count). The van der Waals surface area contributed by atoms with Gasteiger partial charge in [-0.1, -0.05) is 43.4 Å². The minimum Gasteiger partial charge on any atom is -0.391 e. The van der Waals surface area contributed by atoms with E-state index in [0.29, 0.717) is 5.92 Å². The van der Waals surface area contributed by atoms with Gasteiger partial charge >= 0.3 is 0 Å². The molecule has 1 unspecified atom stereocenters. The van der Waals surface area contributed by atoms with Crippen molar-refractivity contribution in [2.75, 3.05) is 11.4 Å². The smallest absolute Gasteiger partial charge is 0.190 e. The molecule has 0 bridgehead atoms. The molecule has 1 N–H and O–H groups in total. The normalized spacial score (nSPS) is 15.4. The maximum Gasteiger partial charge on any atom is 0.190 e. The maximum atomic E-state index is 9.57. The fourth-order valence-corrected chi connectivity index (χ4v) is 3.77. The van der Waals surface area contributed by atoms with Gasteiger partial charge in [0.15, 0.2) is 5.13 Å². The first kappa shape index (κ1) is 13.6. The summed E-state index contributed by atoms with van der Waals surface area (Å²) >= 11 is 1.63. The molecule has 0 saturated carbocycles. The van der Waals surface area contributed by atoms with Crippen molar-refractivity contribution >= 4 is 22.2 Å². The van der Waals surface area contributed by atoms with Gasteiger partial charge in [-0.2, -0.15) is 0 Å². The fourth-order valence-electron chi connectivity index (χ4n) is 2.69. The van der Waals surface area contributed by atoms with Crippen molar-refractivity contribution in [3.05, 3.63) is 40.4 Å². The molecule has 20 heavy (non-hydrogen) atoms. The molecule has 1 atom stereocenters. The Balaban J connectivity index is 1.98. The average Bonchev–Trinajstić information content (AvgIpc) is 3.09. The molecule has 3 nitrogen and oxygen atoms in total. The molecular weight excluding hydrogens is 268 g/mol. The van der Waals surface area contributed by atoms with Gasteiger partial charge in [-0.3, -0.25) is 0 Å². The highest BCUT2D eigenvalue weighted by Gasteiger charge is 2.24. The van der Waals surface area contributed by atoms with Gasteiger partial charge in [0.1, 0.15) is 0 Å². The highest BCUT2D eigenvalue weighted by molar-refractivity contribution is 7.15. The average molecular weight is 288 g/mol. The molecular formula is C16H20N2OS. The molecule has 1 aliphatic rings. The summed E-state index contributed by atoms with van der Waals surface area (Å²) in [5.74, 6) is 0.403. The summed E-state index contributed by atoms with van der Waals surface area (Å²) in [5.41, 5.74) is 3.72. The number of thiazole rings is 1. The third-order valence-electron chi connectivity index (χ3n) is 4.06. The molecule has 0 spiro atoms. The van der Waals surface area contributed by atoms with E-state index in [1.165, 1.54) is 11.3 Å². The third kappa shape index (κ3) is 2.23. The molecule has 106 valence electrons. The SMILES string of the molecule is CCC(C)c1nc(N2CCc3ccccc32)sc1CO. The second kappa shape index (κ2) is 5.54. The van der Waals surface area contributed by atoms with E-state index in [-0.39, 0.29) is 6.61 Å². The van der Waals surface area contributed by atoms with Crippen LogP contribution in [-0.2, 0) is 13.0 Å². The van der Waals surface area contributed by atoms with Gasteiger partial charge in [0.05, 0.1) is 17.2 Å². The number of hydrogen-bond donors (Lipinski definition) is 1. The number of rotatable bonds is 4. The number of aliphatic hydroxyl groups excluding tert-OH is 1. The predicted molar refractivity (Wildman–Crippen MR) is 83.9 cm³/mol. The molecule has 1 aromatic carbocycles. The van der Waals surface area contributed by atoms with E-state index in [2.05, 4.69) is 43.0 Å². The maximum absolute atomic E-state index is 9.57. The minimum atomic E-state index is 0.0901. The molecule has 2 heterocycles. The van der Waals surface area contributed by atoms with Crippen LogP contribution in [0, 0.1) is 0 Å². The van der Waals surface area contributed by atoms with Gasteiger partial charge in [-0.25, -0.2) is 4.98 Å². The van der Waals surface area contributed by atoms with Crippen LogP contribution < -0.4 is 4.90 Å². The van der Waals surface area contributed by atoms with Crippen LogP contribution in [0.15, 0.2) is 24.3 Å². The van der Waals surface area contributed by atoms with Crippen LogP contribution in [-0.4, -0.2) is 16.6 Å². The van der Waals surface area contributed by atoms with Gasteiger partial charge in [0, 0.05) is 12.2 Å². The summed E-state index contributed by atoms with van der Waals surface area (Å²) in [5, 5.41) is 10.6. The Morgan fingerprint density at radius 3 is 2.95 bits per heavy atom. The molecule has 1 aromatic heterocycles. The van der Waals surface area contributed by atoms with Crippen molar-refractivity contribution in [1.82, 2.24) is 4.98 Å². The van der Waals surface area contributed by atoms with E-state index in [4.69, 9.17) is 4.98 Å². The quantitative estimate of drug-likeness (QED) is 0.928. The number of aliphatic hydroxyl groups is 1. The van der Waals surface area contributed by atoms with Crippen LogP contribution in [0.5, 0.6) is 0 Å². The van der Waals surface area contributed by atoms with Crippen molar-refractivity contribution in [2.24, 2.45) is 0 Å². The van der Waals surface area contributed by atoms with E-state index in [0.717, 1.165) is 35.1 Å². The highest BCUT2D eigenvalue weighted by atomic mass is 32.1. The lowest BCUT2D eigenvalue weighted by Gasteiger charge is -2.15.